The van der Waals surface area contributed by atoms with E-state index in [1.807, 2.05) is 20.9 Å². The van der Waals surface area contributed by atoms with Gasteiger partial charge < -0.3 is 5.32 Å². The third kappa shape index (κ3) is 15.9. The van der Waals surface area contributed by atoms with Gasteiger partial charge >= 0.3 is 0 Å². The molecule has 0 radical (unpaired) electrons. The number of nitrogens with one attached hydrogen (secondary N) is 3. The summed E-state index contributed by atoms with van der Waals surface area (Å²) in [6.07, 6.45) is 11.0. The number of hydrazine groups is 1. The highest BCUT2D eigenvalue weighted by molar-refractivity contribution is 4.68. The minimum Gasteiger partial charge on any atom is -0.317 e. The fraction of sp³-hybridized carbons (Fsp3) is 1.00. The zero-order valence-corrected chi connectivity index (χ0v) is 13.4. The van der Waals surface area contributed by atoms with Crippen LogP contribution < -0.4 is 16.2 Å². The first-order chi connectivity index (χ1) is 8.85. The monoisotopic (exact) mass is 259 g/mol. The van der Waals surface area contributed by atoms with Crippen molar-refractivity contribution in [3.63, 3.8) is 0 Å². The Kier molecular flexibility index (Phi) is 21.6. The molecule has 0 unspecified atom stereocenters. The van der Waals surface area contributed by atoms with Gasteiger partial charge in [0, 0.05) is 12.6 Å². The molecular formula is C15H37N3. The van der Waals surface area contributed by atoms with Gasteiger partial charge in [-0.3, -0.25) is 10.9 Å². The number of rotatable bonds is 6. The summed E-state index contributed by atoms with van der Waals surface area (Å²) >= 11 is 0. The second-order valence-corrected chi connectivity index (χ2v) is 4.51. The first kappa shape index (κ1) is 20.2. The Morgan fingerprint density at radius 2 is 1.56 bits per heavy atom. The summed E-state index contributed by atoms with van der Waals surface area (Å²) in [5.41, 5.74) is 5.91. The van der Waals surface area contributed by atoms with E-state index in [9.17, 15) is 0 Å². The molecule has 3 heteroatoms. The maximum Gasteiger partial charge on any atom is 0.00996 e. The van der Waals surface area contributed by atoms with Crippen LogP contribution in [0.4, 0.5) is 0 Å². The van der Waals surface area contributed by atoms with Gasteiger partial charge in [0.1, 0.15) is 0 Å². The van der Waals surface area contributed by atoms with E-state index >= 15 is 0 Å². The fourth-order valence-corrected chi connectivity index (χ4v) is 1.98. The summed E-state index contributed by atoms with van der Waals surface area (Å²) in [7, 11) is 3.96. The second kappa shape index (κ2) is 19.2. The van der Waals surface area contributed by atoms with E-state index in [0.717, 1.165) is 12.6 Å². The molecule has 1 rings (SSSR count). The van der Waals surface area contributed by atoms with Gasteiger partial charge in [-0.05, 0) is 33.4 Å². The summed E-state index contributed by atoms with van der Waals surface area (Å²) in [5, 5.41) is 3.30. The Morgan fingerprint density at radius 3 is 1.94 bits per heavy atom. The van der Waals surface area contributed by atoms with E-state index < -0.39 is 0 Å². The predicted molar refractivity (Wildman–Crippen MR) is 83.9 cm³/mol. The van der Waals surface area contributed by atoms with Crippen molar-refractivity contribution in [2.75, 3.05) is 20.6 Å². The van der Waals surface area contributed by atoms with Crippen LogP contribution in [0.1, 0.15) is 72.1 Å². The lowest BCUT2D eigenvalue weighted by atomic mass is 9.96. The fourth-order valence-electron chi connectivity index (χ4n) is 1.98. The van der Waals surface area contributed by atoms with Crippen molar-refractivity contribution in [1.29, 1.82) is 0 Å². The molecule has 0 atom stereocenters. The lowest BCUT2D eigenvalue weighted by Gasteiger charge is -2.20. The molecule has 0 spiro atoms. The molecule has 0 aliphatic heterocycles. The predicted octanol–water partition coefficient (Wildman–Crippen LogP) is 3.47. The molecule has 1 fully saturated rings. The molecule has 0 aromatic rings. The van der Waals surface area contributed by atoms with E-state index in [1.54, 1.807) is 0 Å². The molecule has 0 amide bonds. The minimum atomic E-state index is 0.837. The lowest BCUT2D eigenvalue weighted by molar-refractivity contribution is 0.394. The average Bonchev–Trinajstić information content (AvgIpc) is 2.47. The van der Waals surface area contributed by atoms with Gasteiger partial charge in [0.05, 0.1) is 0 Å². The van der Waals surface area contributed by atoms with Crippen molar-refractivity contribution in [3.8, 4) is 0 Å². The molecular weight excluding hydrogens is 222 g/mol. The molecule has 3 nitrogen and oxygen atoms in total. The molecule has 0 saturated heterocycles. The zero-order chi connectivity index (χ0) is 14.1. The van der Waals surface area contributed by atoms with Gasteiger partial charge in [0.15, 0.2) is 0 Å². The summed E-state index contributed by atoms with van der Waals surface area (Å²) in [4.78, 5) is 0. The van der Waals surface area contributed by atoms with Gasteiger partial charge in [-0.2, -0.15) is 0 Å². The van der Waals surface area contributed by atoms with E-state index in [2.05, 4.69) is 30.1 Å². The summed E-state index contributed by atoms with van der Waals surface area (Å²) < 4.78 is 0. The molecule has 1 aliphatic carbocycles. The topological polar surface area (TPSA) is 36.1 Å². The zero-order valence-electron chi connectivity index (χ0n) is 13.4. The molecule has 18 heavy (non-hydrogen) atoms. The van der Waals surface area contributed by atoms with Crippen LogP contribution in [0.2, 0.25) is 0 Å². The van der Waals surface area contributed by atoms with E-state index in [-0.39, 0.29) is 0 Å². The summed E-state index contributed by atoms with van der Waals surface area (Å²) in [6.45, 7) is 7.30. The Morgan fingerprint density at radius 1 is 0.944 bits per heavy atom. The van der Waals surface area contributed by atoms with Crippen molar-refractivity contribution in [1.82, 2.24) is 16.2 Å². The van der Waals surface area contributed by atoms with Crippen molar-refractivity contribution >= 4 is 0 Å². The molecule has 0 aromatic carbocycles. The van der Waals surface area contributed by atoms with E-state index in [1.165, 1.54) is 51.4 Å². The highest BCUT2D eigenvalue weighted by Gasteiger charge is 2.09. The van der Waals surface area contributed by atoms with Crippen LogP contribution in [-0.4, -0.2) is 26.7 Å². The minimum absolute atomic E-state index is 0.837. The van der Waals surface area contributed by atoms with Crippen molar-refractivity contribution in [2.45, 2.75) is 78.2 Å². The lowest BCUT2D eigenvalue weighted by Crippen LogP contribution is -2.28. The number of hydrogen-bond acceptors (Lipinski definition) is 3. The standard InChI is InChI=1S/C7H15N.C6H16N2.C2H6/c1-8-7-5-3-2-4-6-7;1-3-4-5-6-8-7-2;1-2/h7-8H,2-6H2,1H3;7-8H,3-6H2,1-2H3;1-2H3. The Bertz CT molecular complexity index is 117. The molecule has 1 saturated carbocycles. The van der Waals surface area contributed by atoms with Gasteiger partial charge in [-0.15, -0.1) is 0 Å². The summed E-state index contributed by atoms with van der Waals surface area (Å²) in [5.74, 6) is 0. The largest absolute Gasteiger partial charge is 0.317 e. The number of hydrogen-bond donors (Lipinski definition) is 3. The molecule has 3 N–H and O–H groups in total. The Labute approximate surface area is 115 Å². The Hall–Kier alpha value is -0.120. The second-order valence-electron chi connectivity index (χ2n) is 4.51. The number of unbranched alkanes of at least 4 members (excludes halogenated alkanes) is 2. The highest BCUT2D eigenvalue weighted by atomic mass is 15.3. The maximum atomic E-state index is 3.30. The van der Waals surface area contributed by atoms with Crippen LogP contribution in [0.15, 0.2) is 0 Å². The van der Waals surface area contributed by atoms with Gasteiger partial charge in [0.25, 0.3) is 0 Å². The maximum absolute atomic E-state index is 3.30. The SMILES string of the molecule is CC.CCCCCNNC.CNC1CCCCC1. The third-order valence-corrected chi connectivity index (χ3v) is 3.10. The van der Waals surface area contributed by atoms with Gasteiger partial charge in [-0.25, -0.2) is 0 Å². The third-order valence-electron chi connectivity index (χ3n) is 3.10. The highest BCUT2D eigenvalue weighted by Crippen LogP contribution is 2.16. The van der Waals surface area contributed by atoms with Crippen LogP contribution in [0, 0.1) is 0 Å². The summed E-state index contributed by atoms with van der Waals surface area (Å²) in [6, 6.07) is 0.837. The van der Waals surface area contributed by atoms with E-state index in [0.29, 0.717) is 0 Å². The average molecular weight is 259 g/mol. The molecule has 1 aliphatic rings. The van der Waals surface area contributed by atoms with Crippen molar-refractivity contribution in [2.24, 2.45) is 0 Å². The molecule has 112 valence electrons. The normalized spacial score (nSPS) is 15.2. The van der Waals surface area contributed by atoms with Crippen molar-refractivity contribution in [3.05, 3.63) is 0 Å². The van der Waals surface area contributed by atoms with E-state index in [4.69, 9.17) is 0 Å². The van der Waals surface area contributed by atoms with Crippen LogP contribution >= 0.6 is 0 Å². The smallest absolute Gasteiger partial charge is 0.00996 e. The van der Waals surface area contributed by atoms with Crippen LogP contribution in [-0.2, 0) is 0 Å². The van der Waals surface area contributed by atoms with Gasteiger partial charge in [-0.1, -0.05) is 52.9 Å². The Balaban J connectivity index is 0. The quantitative estimate of drug-likeness (QED) is 0.505. The van der Waals surface area contributed by atoms with Crippen LogP contribution in [0.5, 0.6) is 0 Å². The molecule has 0 bridgehead atoms. The molecule has 0 heterocycles. The van der Waals surface area contributed by atoms with Crippen LogP contribution in [0.3, 0.4) is 0 Å². The first-order valence-electron chi connectivity index (χ1n) is 7.92. The first-order valence-corrected chi connectivity index (χ1v) is 7.92. The molecule has 0 aromatic heterocycles. The van der Waals surface area contributed by atoms with Gasteiger partial charge in [0.2, 0.25) is 0 Å². The van der Waals surface area contributed by atoms with Crippen LogP contribution in [0.25, 0.3) is 0 Å². The van der Waals surface area contributed by atoms with Crippen molar-refractivity contribution < 1.29 is 0 Å².